The fourth-order valence-corrected chi connectivity index (χ4v) is 2.60. The van der Waals surface area contributed by atoms with Gasteiger partial charge >= 0.3 is 0 Å². The molecule has 0 aromatic heterocycles. The van der Waals surface area contributed by atoms with Crippen molar-refractivity contribution >= 4 is 11.8 Å². The first-order valence-corrected chi connectivity index (χ1v) is 7.55. The maximum absolute atomic E-state index is 12.5. The molecule has 1 N–H and O–H groups in total. The highest BCUT2D eigenvalue weighted by Crippen LogP contribution is 2.16. The summed E-state index contributed by atoms with van der Waals surface area (Å²) in [6.45, 7) is 9.17. The van der Waals surface area contributed by atoms with Crippen LogP contribution in [0.2, 0.25) is 0 Å². The summed E-state index contributed by atoms with van der Waals surface area (Å²) in [5.41, 5.74) is 0. The van der Waals surface area contributed by atoms with Crippen LogP contribution >= 0.6 is 0 Å². The molecule has 1 aliphatic rings. The minimum atomic E-state index is -0.318. The standard InChI is InChI=1S/C15H28N2O2/c1-5-7-13-15(19)17(9-6-8-11(2)3)12(4)10-14(18)16-13/h11-13H,5-10H2,1-4H3,(H,16,18). The Labute approximate surface area is 116 Å². The van der Waals surface area contributed by atoms with Crippen molar-refractivity contribution in [2.75, 3.05) is 6.54 Å². The third kappa shape index (κ3) is 4.84. The quantitative estimate of drug-likeness (QED) is 0.803. The van der Waals surface area contributed by atoms with Crippen LogP contribution in [-0.2, 0) is 9.59 Å². The summed E-state index contributed by atoms with van der Waals surface area (Å²) in [6.07, 6.45) is 4.20. The fraction of sp³-hybridized carbons (Fsp3) is 0.867. The molecule has 0 aromatic carbocycles. The summed E-state index contributed by atoms with van der Waals surface area (Å²) in [4.78, 5) is 26.1. The summed E-state index contributed by atoms with van der Waals surface area (Å²) in [5, 5.41) is 2.86. The lowest BCUT2D eigenvalue weighted by Gasteiger charge is -2.29. The number of amides is 2. The van der Waals surface area contributed by atoms with E-state index < -0.39 is 0 Å². The van der Waals surface area contributed by atoms with Crippen LogP contribution in [0, 0.1) is 5.92 Å². The van der Waals surface area contributed by atoms with Gasteiger partial charge < -0.3 is 10.2 Å². The van der Waals surface area contributed by atoms with Crippen LogP contribution in [0.15, 0.2) is 0 Å². The summed E-state index contributed by atoms with van der Waals surface area (Å²) in [7, 11) is 0. The van der Waals surface area contributed by atoms with Gasteiger partial charge in [-0.15, -0.1) is 0 Å². The monoisotopic (exact) mass is 268 g/mol. The maximum atomic E-state index is 12.5. The molecule has 0 aromatic rings. The predicted molar refractivity (Wildman–Crippen MR) is 76.7 cm³/mol. The Morgan fingerprint density at radius 1 is 1.37 bits per heavy atom. The molecule has 2 unspecified atom stereocenters. The largest absolute Gasteiger partial charge is 0.344 e. The van der Waals surface area contributed by atoms with E-state index in [-0.39, 0.29) is 23.9 Å². The zero-order chi connectivity index (χ0) is 14.4. The van der Waals surface area contributed by atoms with Crippen molar-refractivity contribution in [3.63, 3.8) is 0 Å². The summed E-state index contributed by atoms with van der Waals surface area (Å²) >= 11 is 0. The molecule has 0 spiro atoms. The first kappa shape index (κ1) is 16.0. The first-order valence-electron chi connectivity index (χ1n) is 7.55. The Balaban J connectivity index is 2.68. The van der Waals surface area contributed by atoms with E-state index in [0.717, 1.165) is 32.2 Å². The summed E-state index contributed by atoms with van der Waals surface area (Å²) in [5.74, 6) is 0.762. The molecular formula is C15H28N2O2. The van der Waals surface area contributed by atoms with Gasteiger partial charge in [-0.3, -0.25) is 9.59 Å². The summed E-state index contributed by atoms with van der Waals surface area (Å²) < 4.78 is 0. The van der Waals surface area contributed by atoms with Gasteiger partial charge in [-0.25, -0.2) is 0 Å². The third-order valence-electron chi connectivity index (χ3n) is 3.69. The van der Waals surface area contributed by atoms with Gasteiger partial charge in [0.15, 0.2) is 0 Å². The van der Waals surface area contributed by atoms with E-state index in [9.17, 15) is 9.59 Å². The minimum absolute atomic E-state index is 0.00524. The average Bonchev–Trinajstić information content (AvgIpc) is 2.40. The normalized spacial score (nSPS) is 24.6. The van der Waals surface area contributed by atoms with Crippen LogP contribution in [0.4, 0.5) is 0 Å². The molecule has 0 radical (unpaired) electrons. The Bertz CT molecular complexity index is 315. The fourth-order valence-electron chi connectivity index (χ4n) is 2.60. The molecule has 1 heterocycles. The van der Waals surface area contributed by atoms with Crippen molar-refractivity contribution in [2.45, 2.75) is 71.9 Å². The molecule has 2 atom stereocenters. The van der Waals surface area contributed by atoms with Crippen molar-refractivity contribution in [1.82, 2.24) is 10.2 Å². The van der Waals surface area contributed by atoms with Crippen molar-refractivity contribution in [2.24, 2.45) is 5.92 Å². The van der Waals surface area contributed by atoms with Gasteiger partial charge in [-0.2, -0.15) is 0 Å². The molecule has 2 amide bonds. The van der Waals surface area contributed by atoms with Crippen LogP contribution in [-0.4, -0.2) is 35.3 Å². The zero-order valence-electron chi connectivity index (χ0n) is 12.7. The maximum Gasteiger partial charge on any atom is 0.245 e. The predicted octanol–water partition coefficient (Wildman–Crippen LogP) is 2.33. The van der Waals surface area contributed by atoms with Gasteiger partial charge in [-0.1, -0.05) is 27.2 Å². The van der Waals surface area contributed by atoms with Crippen molar-refractivity contribution in [1.29, 1.82) is 0 Å². The lowest BCUT2D eigenvalue weighted by Crippen LogP contribution is -2.46. The Morgan fingerprint density at radius 2 is 2.05 bits per heavy atom. The van der Waals surface area contributed by atoms with Crippen molar-refractivity contribution < 1.29 is 9.59 Å². The van der Waals surface area contributed by atoms with Crippen LogP contribution in [0.25, 0.3) is 0 Å². The molecule has 0 bridgehead atoms. The van der Waals surface area contributed by atoms with E-state index in [1.807, 2.05) is 18.7 Å². The van der Waals surface area contributed by atoms with E-state index in [4.69, 9.17) is 0 Å². The van der Waals surface area contributed by atoms with E-state index in [1.165, 1.54) is 0 Å². The van der Waals surface area contributed by atoms with Gasteiger partial charge in [-0.05, 0) is 32.1 Å². The molecule has 1 rings (SSSR count). The van der Waals surface area contributed by atoms with Crippen LogP contribution in [0.3, 0.4) is 0 Å². The van der Waals surface area contributed by atoms with Gasteiger partial charge in [0, 0.05) is 19.0 Å². The number of hydrogen-bond acceptors (Lipinski definition) is 2. The number of hydrogen-bond donors (Lipinski definition) is 1. The average molecular weight is 268 g/mol. The molecule has 4 heteroatoms. The third-order valence-corrected chi connectivity index (χ3v) is 3.69. The SMILES string of the molecule is CCCC1NC(=O)CC(C)N(CCCC(C)C)C1=O. The Kier molecular flexibility index (Phi) is 6.32. The summed E-state index contributed by atoms with van der Waals surface area (Å²) in [6, 6.07) is -0.303. The smallest absolute Gasteiger partial charge is 0.245 e. The van der Waals surface area contributed by atoms with Crippen LogP contribution < -0.4 is 5.32 Å². The second-order valence-electron chi connectivity index (χ2n) is 6.03. The molecule has 0 saturated carbocycles. The highest BCUT2D eigenvalue weighted by molar-refractivity contribution is 5.90. The Hall–Kier alpha value is -1.06. The van der Waals surface area contributed by atoms with E-state index in [2.05, 4.69) is 19.2 Å². The molecule has 110 valence electrons. The van der Waals surface area contributed by atoms with E-state index >= 15 is 0 Å². The lowest BCUT2D eigenvalue weighted by molar-refractivity contribution is -0.135. The van der Waals surface area contributed by atoms with Gasteiger partial charge in [0.1, 0.15) is 6.04 Å². The second-order valence-corrected chi connectivity index (χ2v) is 6.03. The van der Waals surface area contributed by atoms with Crippen LogP contribution in [0.1, 0.15) is 59.8 Å². The number of nitrogens with zero attached hydrogens (tertiary/aromatic N) is 1. The van der Waals surface area contributed by atoms with Crippen LogP contribution in [0.5, 0.6) is 0 Å². The minimum Gasteiger partial charge on any atom is -0.344 e. The second kappa shape index (κ2) is 7.51. The van der Waals surface area contributed by atoms with E-state index in [1.54, 1.807) is 0 Å². The molecule has 4 nitrogen and oxygen atoms in total. The van der Waals surface area contributed by atoms with Crippen molar-refractivity contribution in [3.8, 4) is 0 Å². The lowest BCUT2D eigenvalue weighted by atomic mass is 10.1. The molecule has 1 fully saturated rings. The number of carbonyl (C=O) groups is 2. The highest BCUT2D eigenvalue weighted by atomic mass is 16.2. The van der Waals surface area contributed by atoms with Gasteiger partial charge in [0.25, 0.3) is 0 Å². The number of carbonyl (C=O) groups excluding carboxylic acids is 2. The van der Waals surface area contributed by atoms with Gasteiger partial charge in [0.2, 0.25) is 11.8 Å². The topological polar surface area (TPSA) is 49.4 Å². The van der Waals surface area contributed by atoms with Crippen molar-refractivity contribution in [3.05, 3.63) is 0 Å². The first-order chi connectivity index (χ1) is 8.95. The zero-order valence-corrected chi connectivity index (χ0v) is 12.7. The van der Waals surface area contributed by atoms with Gasteiger partial charge in [0.05, 0.1) is 0 Å². The molecule has 1 saturated heterocycles. The highest BCUT2D eigenvalue weighted by Gasteiger charge is 2.32. The molecule has 19 heavy (non-hydrogen) atoms. The van der Waals surface area contributed by atoms with E-state index in [0.29, 0.717) is 12.3 Å². The molecular weight excluding hydrogens is 240 g/mol. The number of rotatable bonds is 6. The number of nitrogens with one attached hydrogen (secondary N) is 1. The Morgan fingerprint density at radius 3 is 2.63 bits per heavy atom. The molecule has 1 aliphatic heterocycles. The molecule has 0 aliphatic carbocycles.